The second kappa shape index (κ2) is 13.2. The number of nitrogens with zero attached hydrogens (tertiary/aromatic N) is 8. The minimum absolute atomic E-state index is 0. The molecule has 0 aromatic carbocycles. The van der Waals surface area contributed by atoms with E-state index in [9.17, 15) is 9.13 Å². The van der Waals surface area contributed by atoms with Crippen molar-refractivity contribution < 1.29 is 36.9 Å². The van der Waals surface area contributed by atoms with E-state index in [1.807, 2.05) is 0 Å². The van der Waals surface area contributed by atoms with Crippen LogP contribution in [0.3, 0.4) is 0 Å². The van der Waals surface area contributed by atoms with Crippen LogP contribution in [-0.2, 0) is 36.9 Å². The first-order valence-electron chi connectivity index (χ1n) is 8.81. The van der Waals surface area contributed by atoms with Crippen molar-refractivity contribution in [2.24, 2.45) is 0 Å². The average molecular weight is 559 g/mol. The third kappa shape index (κ3) is 8.20. The Labute approximate surface area is 203 Å². The van der Waals surface area contributed by atoms with Gasteiger partial charge in [0.25, 0.3) is 0 Å². The standard InChI is InChI=1S/2C6H12N3OP.2CNS.Co.2H2O/c2*10-11-4-7-1-8(5-11)3-9(2-7)6-11;2*2-1-3;;;/h2*1-6H2;;;;2*1H2/q;;2*-1;+2;;/p+2. The summed E-state index contributed by atoms with van der Waals surface area (Å²) < 4.78 is 24.0. The average Bonchev–Trinajstić information content (AvgIpc) is 2.52. The van der Waals surface area contributed by atoms with E-state index in [1.54, 1.807) is 0 Å². The van der Waals surface area contributed by atoms with Crippen LogP contribution in [0.2, 0.25) is 0 Å². The van der Waals surface area contributed by atoms with E-state index in [-0.39, 0.29) is 27.7 Å². The summed E-state index contributed by atoms with van der Waals surface area (Å²) >= 11 is 7.40. The Morgan fingerprint density at radius 2 is 0.677 bits per heavy atom. The quantitative estimate of drug-likeness (QED) is 0.164. The van der Waals surface area contributed by atoms with E-state index >= 15 is 0 Å². The molecule has 8 aliphatic heterocycles. The Morgan fingerprint density at radius 3 is 0.774 bits per heavy atom. The Balaban J connectivity index is 0.000000433. The van der Waals surface area contributed by atoms with Gasteiger partial charge in [0.05, 0.1) is 77.7 Å². The van der Waals surface area contributed by atoms with Gasteiger partial charge in [-0.15, -0.1) is 0 Å². The summed E-state index contributed by atoms with van der Waals surface area (Å²) in [4.78, 5) is 13.7. The predicted octanol–water partition coefficient (Wildman–Crippen LogP) is -0.447. The number of thiocarbonyl (C=S) groups is 2. The van der Waals surface area contributed by atoms with Gasteiger partial charge in [-0.2, -0.15) is 10.3 Å². The van der Waals surface area contributed by atoms with E-state index in [0.717, 1.165) is 77.7 Å². The van der Waals surface area contributed by atoms with Crippen LogP contribution >= 0.6 is 38.7 Å². The second-order valence-electron chi connectivity index (χ2n) is 8.02. The van der Waals surface area contributed by atoms with Gasteiger partial charge < -0.3 is 30.9 Å². The van der Waals surface area contributed by atoms with Crippen molar-refractivity contribution in [1.29, 1.82) is 0 Å². The molecule has 0 spiro atoms. The summed E-state index contributed by atoms with van der Waals surface area (Å²) in [5, 5.41) is 16.9. The van der Waals surface area contributed by atoms with E-state index in [2.05, 4.69) is 53.8 Å². The van der Waals surface area contributed by atoms with Crippen LogP contribution in [0.5, 0.6) is 0 Å². The molecular formula is C14H30CoN8O4P2S2+2. The molecule has 0 aromatic rings. The molecule has 0 saturated carbocycles. The molecule has 0 aromatic heterocycles. The Bertz CT molecular complexity index is 621. The largest absolute Gasteiger partial charge is 2.00 e. The van der Waals surface area contributed by atoms with Crippen LogP contribution in [0.4, 0.5) is 0 Å². The van der Waals surface area contributed by atoms with Gasteiger partial charge in [-0.3, -0.25) is 29.4 Å². The summed E-state index contributed by atoms with van der Waals surface area (Å²) in [6, 6.07) is 0. The van der Waals surface area contributed by atoms with Crippen molar-refractivity contribution in [3.63, 3.8) is 0 Å². The van der Waals surface area contributed by atoms with Crippen molar-refractivity contribution in [2.75, 3.05) is 77.7 Å². The topological polar surface area (TPSA) is 164 Å². The molecule has 179 valence electrons. The number of hydrogen-bond donors (Lipinski definition) is 0. The molecule has 6 N–H and O–H groups in total. The molecule has 31 heavy (non-hydrogen) atoms. The Kier molecular flexibility index (Phi) is 13.3. The smallest absolute Gasteiger partial charge is 0.753 e. The van der Waals surface area contributed by atoms with E-state index in [4.69, 9.17) is 10.8 Å². The monoisotopic (exact) mass is 559 g/mol. The van der Waals surface area contributed by atoms with Crippen molar-refractivity contribution >= 4 is 49.0 Å². The first kappa shape index (κ1) is 31.2. The van der Waals surface area contributed by atoms with Crippen LogP contribution in [0.25, 0.3) is 10.8 Å². The van der Waals surface area contributed by atoms with Crippen LogP contribution in [0.15, 0.2) is 0 Å². The molecule has 8 saturated heterocycles. The van der Waals surface area contributed by atoms with Gasteiger partial charge in [0, 0.05) is 0 Å². The van der Waals surface area contributed by atoms with Crippen molar-refractivity contribution in [3.8, 4) is 0 Å². The molecule has 8 bridgehead atoms. The SMILES string of the molecule is O=P12CN3CN(CN(C3)C1)C2.O=P12CN3CN(CN(C3)C1)C2.[Co+2].[N-]=C=S.[N-]=C=S.[OH3+].[OH3+]. The zero-order chi connectivity index (χ0) is 20.4. The Hall–Kier alpha value is 0.246. The third-order valence-electron chi connectivity index (χ3n) is 5.15. The minimum atomic E-state index is -1.79. The molecule has 8 heterocycles. The second-order valence-corrected chi connectivity index (χ2v) is 14.3. The fourth-order valence-corrected chi connectivity index (χ4v) is 10.9. The summed E-state index contributed by atoms with van der Waals surface area (Å²) in [6.45, 7) is 6.25. The Morgan fingerprint density at radius 1 is 0.548 bits per heavy atom. The van der Waals surface area contributed by atoms with Crippen molar-refractivity contribution in [3.05, 3.63) is 10.8 Å². The van der Waals surface area contributed by atoms with Gasteiger partial charge in [0.15, 0.2) is 0 Å². The molecule has 12 nitrogen and oxygen atoms in total. The van der Waals surface area contributed by atoms with Gasteiger partial charge in [0.1, 0.15) is 14.3 Å². The van der Waals surface area contributed by atoms with Gasteiger partial charge in [-0.05, 0) is 0 Å². The number of rotatable bonds is 0. The fraction of sp³-hybridized carbons (Fsp3) is 0.857. The van der Waals surface area contributed by atoms with Crippen molar-refractivity contribution in [1.82, 2.24) is 29.4 Å². The number of isothiocyanates is 2. The summed E-state index contributed by atoms with van der Waals surface area (Å²) in [7, 11) is -3.58. The third-order valence-corrected chi connectivity index (χ3v) is 10.6. The molecule has 1 radical (unpaired) electrons. The molecule has 8 aliphatic rings. The van der Waals surface area contributed by atoms with Crippen LogP contribution in [0, 0.1) is 0 Å². The predicted molar refractivity (Wildman–Crippen MR) is 126 cm³/mol. The maximum Gasteiger partial charge on any atom is 2.00 e. The zero-order valence-corrected chi connectivity index (χ0v) is 21.5. The van der Waals surface area contributed by atoms with Crippen LogP contribution < -0.4 is 0 Å². The van der Waals surface area contributed by atoms with E-state index in [0.29, 0.717) is 0 Å². The van der Waals surface area contributed by atoms with E-state index < -0.39 is 14.3 Å². The minimum Gasteiger partial charge on any atom is -0.753 e. The summed E-state index contributed by atoms with van der Waals surface area (Å²) in [5.74, 6) is 0. The first-order valence-corrected chi connectivity index (χ1v) is 14.2. The fourth-order valence-electron chi connectivity index (χ4n) is 4.96. The van der Waals surface area contributed by atoms with E-state index in [1.165, 1.54) is 10.3 Å². The van der Waals surface area contributed by atoms with Gasteiger partial charge in [0.2, 0.25) is 0 Å². The zero-order valence-electron chi connectivity index (χ0n) is 17.1. The summed E-state index contributed by atoms with van der Waals surface area (Å²) in [5.41, 5.74) is 0. The van der Waals surface area contributed by atoms with Gasteiger partial charge in [-0.1, -0.05) is 24.4 Å². The molecule has 8 rings (SSSR count). The van der Waals surface area contributed by atoms with Crippen molar-refractivity contribution in [2.45, 2.75) is 0 Å². The molecule has 8 fully saturated rings. The molecule has 0 unspecified atom stereocenters. The van der Waals surface area contributed by atoms with Crippen LogP contribution in [0.1, 0.15) is 0 Å². The summed E-state index contributed by atoms with van der Waals surface area (Å²) in [6.07, 6.45) is 5.25. The molecule has 0 amide bonds. The molecular weight excluding hydrogens is 529 g/mol. The van der Waals surface area contributed by atoms with Crippen LogP contribution in [-0.4, -0.2) is 117 Å². The first-order chi connectivity index (χ1) is 13.3. The molecule has 0 aliphatic carbocycles. The normalized spacial score (nSPS) is 43.2. The molecule has 17 heteroatoms. The maximum absolute atomic E-state index is 12.0. The van der Waals surface area contributed by atoms with Gasteiger partial charge in [-0.25, -0.2) is 0 Å². The molecule has 0 atom stereocenters. The number of hydrogen-bond acceptors (Lipinski definition) is 10. The maximum atomic E-state index is 12.0. The van der Waals surface area contributed by atoms with Gasteiger partial charge >= 0.3 is 16.8 Å².